The van der Waals surface area contributed by atoms with E-state index in [1.807, 2.05) is 59.2 Å². The minimum absolute atomic E-state index is 0.00914. The van der Waals surface area contributed by atoms with Crippen LogP contribution in [0.3, 0.4) is 0 Å². The number of ether oxygens (including phenoxy) is 1. The van der Waals surface area contributed by atoms with E-state index < -0.39 is 0 Å². The molecule has 3 rings (SSSR count). The van der Waals surface area contributed by atoms with Gasteiger partial charge in [0.1, 0.15) is 11.6 Å². The highest BCUT2D eigenvalue weighted by Gasteiger charge is 2.10. The predicted octanol–water partition coefficient (Wildman–Crippen LogP) is 2.41. The fourth-order valence-electron chi connectivity index (χ4n) is 2.61. The summed E-state index contributed by atoms with van der Waals surface area (Å²) in [5, 5.41) is 2.85. The molecule has 0 fully saturated rings. The number of nitrogens with one attached hydrogen (secondary N) is 1. The van der Waals surface area contributed by atoms with Crippen LogP contribution in [0.5, 0.6) is 5.75 Å². The smallest absolute Gasteiger partial charge is 0.257 e. The summed E-state index contributed by atoms with van der Waals surface area (Å²) in [4.78, 5) is 16.5. The van der Waals surface area contributed by atoms with Crippen LogP contribution in [-0.2, 0) is 17.8 Å². The van der Waals surface area contributed by atoms with Gasteiger partial charge in [0, 0.05) is 13.0 Å². The van der Waals surface area contributed by atoms with E-state index in [-0.39, 0.29) is 12.5 Å². The Hall–Kier alpha value is -3.26. The van der Waals surface area contributed by atoms with E-state index >= 15 is 0 Å². The van der Waals surface area contributed by atoms with Crippen LogP contribution in [0.25, 0.3) is 11.0 Å². The number of imidazole rings is 1. The number of hydrogen-bond acceptors (Lipinski definition) is 3. The lowest BCUT2D eigenvalue weighted by Gasteiger charge is -2.08. The zero-order chi connectivity index (χ0) is 17.5. The van der Waals surface area contributed by atoms with Gasteiger partial charge in [0.05, 0.1) is 17.6 Å². The van der Waals surface area contributed by atoms with Crippen molar-refractivity contribution in [1.29, 1.82) is 0 Å². The predicted molar refractivity (Wildman–Crippen MR) is 97.2 cm³/mol. The molecular weight excluding hydrogens is 314 g/mol. The Labute approximate surface area is 146 Å². The quantitative estimate of drug-likeness (QED) is 0.676. The highest BCUT2D eigenvalue weighted by atomic mass is 16.5. The summed E-state index contributed by atoms with van der Waals surface area (Å²) in [6.45, 7) is 0.927. The van der Waals surface area contributed by atoms with Gasteiger partial charge < -0.3 is 14.6 Å². The zero-order valence-corrected chi connectivity index (χ0v) is 13.8. The molecule has 0 aliphatic heterocycles. The summed E-state index contributed by atoms with van der Waals surface area (Å²) in [5.41, 5.74) is 1.92. The number of para-hydroxylation sites is 3. The maximum Gasteiger partial charge on any atom is 0.257 e. The van der Waals surface area contributed by atoms with Crippen LogP contribution in [0.4, 0.5) is 0 Å². The van der Waals surface area contributed by atoms with Crippen molar-refractivity contribution in [1.82, 2.24) is 14.9 Å². The standard InChI is InChI=1S/C20H19N3O2/c1-2-14-23-18-11-7-6-10-17(18)22-19(23)12-13-21-20(24)15-25-16-8-4-3-5-9-16/h1,3-11H,12-15H2,(H,21,24). The molecular formula is C20H19N3O2. The van der Waals surface area contributed by atoms with Crippen LogP contribution >= 0.6 is 0 Å². The second kappa shape index (κ2) is 8.02. The van der Waals surface area contributed by atoms with Gasteiger partial charge in [-0.05, 0) is 24.3 Å². The summed E-state index contributed by atoms with van der Waals surface area (Å²) in [6.07, 6.45) is 6.07. The maximum atomic E-state index is 11.9. The van der Waals surface area contributed by atoms with E-state index in [1.165, 1.54) is 0 Å². The average Bonchev–Trinajstić information content (AvgIpc) is 2.99. The summed E-state index contributed by atoms with van der Waals surface area (Å²) in [6, 6.07) is 17.1. The maximum absolute atomic E-state index is 11.9. The number of hydrogen-bond donors (Lipinski definition) is 1. The van der Waals surface area contributed by atoms with E-state index in [0.717, 1.165) is 16.9 Å². The Morgan fingerprint density at radius 2 is 1.92 bits per heavy atom. The molecule has 0 aliphatic carbocycles. The van der Waals surface area contributed by atoms with Crippen molar-refractivity contribution >= 4 is 16.9 Å². The molecule has 5 heteroatoms. The number of rotatable bonds is 7. The number of nitrogens with zero attached hydrogens (tertiary/aromatic N) is 2. The van der Waals surface area contributed by atoms with Gasteiger partial charge in [-0.2, -0.15) is 0 Å². The summed E-state index contributed by atoms with van der Waals surface area (Å²) in [7, 11) is 0. The highest BCUT2D eigenvalue weighted by Crippen LogP contribution is 2.16. The van der Waals surface area contributed by atoms with E-state index in [0.29, 0.717) is 25.3 Å². The van der Waals surface area contributed by atoms with Gasteiger partial charge in [-0.15, -0.1) is 6.42 Å². The third-order valence-electron chi connectivity index (χ3n) is 3.77. The molecule has 3 aromatic rings. The van der Waals surface area contributed by atoms with E-state index in [2.05, 4.69) is 16.2 Å². The minimum atomic E-state index is -0.163. The summed E-state index contributed by atoms with van der Waals surface area (Å²) in [5.74, 6) is 4.03. The molecule has 1 N–H and O–H groups in total. The third-order valence-corrected chi connectivity index (χ3v) is 3.77. The number of fused-ring (bicyclic) bond motifs is 1. The first-order chi connectivity index (χ1) is 12.3. The molecule has 5 nitrogen and oxygen atoms in total. The van der Waals surface area contributed by atoms with E-state index in [1.54, 1.807) is 0 Å². The number of carbonyl (C=O) groups excluding carboxylic acids is 1. The Morgan fingerprint density at radius 1 is 1.16 bits per heavy atom. The molecule has 1 heterocycles. The van der Waals surface area contributed by atoms with Gasteiger partial charge in [-0.1, -0.05) is 36.3 Å². The monoisotopic (exact) mass is 333 g/mol. The van der Waals surface area contributed by atoms with Gasteiger partial charge in [-0.25, -0.2) is 4.98 Å². The molecule has 0 aliphatic rings. The number of carbonyl (C=O) groups is 1. The van der Waals surface area contributed by atoms with Crippen LogP contribution in [0.15, 0.2) is 54.6 Å². The van der Waals surface area contributed by atoms with Crippen molar-refractivity contribution in [2.45, 2.75) is 13.0 Å². The molecule has 2 aromatic carbocycles. The summed E-state index contributed by atoms with van der Waals surface area (Å²) < 4.78 is 7.42. The number of benzene rings is 2. The normalized spacial score (nSPS) is 10.4. The van der Waals surface area contributed by atoms with Crippen LogP contribution in [0.1, 0.15) is 5.82 Å². The first-order valence-corrected chi connectivity index (χ1v) is 8.10. The molecule has 25 heavy (non-hydrogen) atoms. The highest BCUT2D eigenvalue weighted by molar-refractivity contribution is 5.77. The minimum Gasteiger partial charge on any atom is -0.484 e. The van der Waals surface area contributed by atoms with Crippen LogP contribution < -0.4 is 10.1 Å². The lowest BCUT2D eigenvalue weighted by molar-refractivity contribution is -0.123. The topological polar surface area (TPSA) is 56.2 Å². The average molecular weight is 333 g/mol. The van der Waals surface area contributed by atoms with Crippen LogP contribution in [0.2, 0.25) is 0 Å². The lowest BCUT2D eigenvalue weighted by Crippen LogP contribution is -2.31. The second-order valence-electron chi connectivity index (χ2n) is 5.51. The molecule has 1 aromatic heterocycles. The summed E-state index contributed by atoms with van der Waals surface area (Å²) >= 11 is 0. The van der Waals surface area contributed by atoms with Gasteiger partial charge in [0.2, 0.25) is 0 Å². The molecule has 0 spiro atoms. The SMILES string of the molecule is C#CCn1c(CCNC(=O)COc2ccccc2)nc2ccccc21. The van der Waals surface area contributed by atoms with Gasteiger partial charge >= 0.3 is 0 Å². The fraction of sp³-hybridized carbons (Fsp3) is 0.200. The molecule has 1 amide bonds. The van der Waals surface area contributed by atoms with Crippen molar-refractivity contribution in [3.05, 3.63) is 60.4 Å². The molecule has 0 unspecified atom stereocenters. The molecule has 0 saturated carbocycles. The van der Waals surface area contributed by atoms with Gasteiger partial charge in [0.25, 0.3) is 5.91 Å². The van der Waals surface area contributed by atoms with E-state index in [4.69, 9.17) is 11.2 Å². The molecule has 0 radical (unpaired) electrons. The molecule has 0 saturated heterocycles. The Morgan fingerprint density at radius 3 is 2.72 bits per heavy atom. The fourth-order valence-corrected chi connectivity index (χ4v) is 2.61. The van der Waals surface area contributed by atoms with Crippen LogP contribution in [0, 0.1) is 12.3 Å². The number of terminal acetylenes is 1. The first-order valence-electron chi connectivity index (χ1n) is 8.10. The van der Waals surface area contributed by atoms with Crippen LogP contribution in [-0.4, -0.2) is 28.6 Å². The Kier molecular flexibility index (Phi) is 5.32. The Balaban J connectivity index is 1.55. The zero-order valence-electron chi connectivity index (χ0n) is 13.8. The third kappa shape index (κ3) is 4.18. The molecule has 126 valence electrons. The number of amides is 1. The van der Waals surface area contributed by atoms with Crippen molar-refractivity contribution < 1.29 is 9.53 Å². The van der Waals surface area contributed by atoms with Gasteiger partial charge in [0.15, 0.2) is 6.61 Å². The second-order valence-corrected chi connectivity index (χ2v) is 5.51. The lowest BCUT2D eigenvalue weighted by atomic mass is 10.3. The first kappa shape index (κ1) is 16.6. The van der Waals surface area contributed by atoms with Crippen molar-refractivity contribution in [2.24, 2.45) is 0 Å². The largest absolute Gasteiger partial charge is 0.484 e. The molecule has 0 bridgehead atoms. The van der Waals surface area contributed by atoms with Gasteiger partial charge in [-0.3, -0.25) is 4.79 Å². The number of aromatic nitrogens is 2. The van der Waals surface area contributed by atoms with Crippen molar-refractivity contribution in [2.75, 3.05) is 13.2 Å². The van der Waals surface area contributed by atoms with Crippen molar-refractivity contribution in [3.63, 3.8) is 0 Å². The molecule has 0 atom stereocenters. The Bertz CT molecular complexity index is 894. The van der Waals surface area contributed by atoms with Crippen molar-refractivity contribution in [3.8, 4) is 18.1 Å². The van der Waals surface area contributed by atoms with E-state index in [9.17, 15) is 4.79 Å².